The van der Waals surface area contributed by atoms with E-state index in [-0.39, 0.29) is 17.2 Å². The van der Waals surface area contributed by atoms with Gasteiger partial charge in [0.2, 0.25) is 10.0 Å². The van der Waals surface area contributed by atoms with Crippen molar-refractivity contribution in [3.63, 3.8) is 0 Å². The molecule has 0 spiro atoms. The number of hydrogen-bond donors (Lipinski definition) is 0. The van der Waals surface area contributed by atoms with E-state index >= 15 is 0 Å². The summed E-state index contributed by atoms with van der Waals surface area (Å²) < 4.78 is 35.8. The largest absolute Gasteiger partial charge is 0.492 e. The molecule has 2 aliphatic rings. The maximum atomic E-state index is 13.4. The van der Waals surface area contributed by atoms with Crippen LogP contribution in [0.3, 0.4) is 0 Å². The van der Waals surface area contributed by atoms with Gasteiger partial charge in [-0.3, -0.25) is 9.48 Å². The molecule has 2 aliphatic heterocycles. The fraction of sp³-hybridized carbons (Fsp3) is 0.565. The maximum Gasteiger partial charge on any atom is 0.243 e. The number of benzene rings is 1. The molecule has 33 heavy (non-hydrogen) atoms. The summed E-state index contributed by atoms with van der Waals surface area (Å²) >= 11 is 0. The third-order valence-corrected chi connectivity index (χ3v) is 8.23. The van der Waals surface area contributed by atoms with Gasteiger partial charge in [-0.25, -0.2) is 8.42 Å². The maximum absolute atomic E-state index is 13.4. The van der Waals surface area contributed by atoms with E-state index < -0.39 is 10.0 Å². The van der Waals surface area contributed by atoms with Crippen LogP contribution in [-0.4, -0.2) is 79.6 Å². The van der Waals surface area contributed by atoms with Crippen LogP contribution < -0.4 is 9.64 Å². The van der Waals surface area contributed by atoms with E-state index in [0.29, 0.717) is 56.5 Å². The minimum atomic E-state index is -3.64. The molecule has 3 heterocycles. The number of Topliss-reactive ketones (excluding diaryl/α,β-unsaturated/α-hetero) is 1. The second kappa shape index (κ2) is 9.44. The summed E-state index contributed by atoms with van der Waals surface area (Å²) in [6.45, 7) is 7.38. The second-order valence-corrected chi connectivity index (χ2v) is 10.6. The smallest absolute Gasteiger partial charge is 0.243 e. The fourth-order valence-corrected chi connectivity index (χ4v) is 6.04. The van der Waals surface area contributed by atoms with Gasteiger partial charge >= 0.3 is 0 Å². The van der Waals surface area contributed by atoms with Crippen molar-refractivity contribution >= 4 is 21.5 Å². The standard InChI is InChI=1S/C23H33N5O4S/c1-5-7-19-18-15-27(16-21(29)23(18)26(4)24-19)20-14-17(8-9-22(20)32-6-2)33(30,31)28-12-10-25(3)11-13-28/h8-9,14H,5-7,10-13,15-16H2,1-4H3. The van der Waals surface area contributed by atoms with Gasteiger partial charge < -0.3 is 14.5 Å². The van der Waals surface area contributed by atoms with Crippen molar-refractivity contribution in [3.05, 3.63) is 35.2 Å². The molecule has 0 aliphatic carbocycles. The molecule has 4 rings (SSSR count). The van der Waals surface area contributed by atoms with Gasteiger partial charge in [-0.2, -0.15) is 9.40 Å². The Morgan fingerprint density at radius 2 is 1.79 bits per heavy atom. The molecule has 0 amide bonds. The van der Waals surface area contributed by atoms with Crippen LogP contribution in [0.2, 0.25) is 0 Å². The van der Waals surface area contributed by atoms with Crippen LogP contribution in [0.4, 0.5) is 5.69 Å². The summed E-state index contributed by atoms with van der Waals surface area (Å²) in [6.07, 6.45) is 1.72. The van der Waals surface area contributed by atoms with Crippen LogP contribution in [0, 0.1) is 0 Å². The highest BCUT2D eigenvalue weighted by atomic mass is 32.2. The van der Waals surface area contributed by atoms with E-state index in [9.17, 15) is 13.2 Å². The number of nitrogens with zero attached hydrogens (tertiary/aromatic N) is 5. The number of carbonyl (C=O) groups is 1. The highest BCUT2D eigenvalue weighted by Gasteiger charge is 2.33. The SMILES string of the molecule is CCCc1nn(C)c2c1CN(c1cc(S(=O)(=O)N3CCN(C)CC3)ccc1OCC)CC2=O. The third-order valence-electron chi connectivity index (χ3n) is 6.33. The molecule has 0 saturated carbocycles. The van der Waals surface area contributed by atoms with Gasteiger partial charge in [0.1, 0.15) is 11.4 Å². The number of likely N-dealkylation sites (N-methyl/N-ethyl adjacent to an activating group) is 1. The average molecular weight is 476 g/mol. The van der Waals surface area contributed by atoms with Crippen LogP contribution in [0.15, 0.2) is 23.1 Å². The lowest BCUT2D eigenvalue weighted by molar-refractivity contribution is 0.0982. The van der Waals surface area contributed by atoms with E-state index in [1.807, 2.05) is 18.9 Å². The Morgan fingerprint density at radius 3 is 2.45 bits per heavy atom. The van der Waals surface area contributed by atoms with E-state index in [0.717, 1.165) is 24.1 Å². The van der Waals surface area contributed by atoms with Crippen molar-refractivity contribution in [2.24, 2.45) is 7.05 Å². The Labute approximate surface area is 196 Å². The van der Waals surface area contributed by atoms with Crippen LogP contribution in [0.5, 0.6) is 5.75 Å². The number of anilines is 1. The minimum absolute atomic E-state index is 0.0246. The molecule has 180 valence electrons. The number of aromatic nitrogens is 2. The van der Waals surface area contributed by atoms with Gasteiger partial charge in [-0.05, 0) is 38.6 Å². The van der Waals surface area contributed by atoms with Gasteiger partial charge in [-0.15, -0.1) is 0 Å². The monoisotopic (exact) mass is 475 g/mol. The zero-order valence-corrected chi connectivity index (χ0v) is 20.7. The number of ether oxygens (including phenoxy) is 1. The van der Waals surface area contributed by atoms with Crippen molar-refractivity contribution < 1.29 is 17.9 Å². The number of carbonyl (C=O) groups excluding carboxylic acids is 1. The Morgan fingerprint density at radius 1 is 1.06 bits per heavy atom. The number of hydrogen-bond acceptors (Lipinski definition) is 7. The number of piperazine rings is 1. The van der Waals surface area contributed by atoms with Gasteiger partial charge in [0.25, 0.3) is 0 Å². The molecule has 10 heteroatoms. The summed E-state index contributed by atoms with van der Waals surface area (Å²) in [5.74, 6) is 0.551. The number of ketones is 1. The van der Waals surface area contributed by atoms with Crippen molar-refractivity contribution in [2.75, 3.05) is 51.3 Å². The number of sulfonamides is 1. The minimum Gasteiger partial charge on any atom is -0.492 e. The molecule has 0 radical (unpaired) electrons. The highest BCUT2D eigenvalue weighted by Crippen LogP contribution is 2.36. The Bertz CT molecular complexity index is 1140. The average Bonchev–Trinajstić information content (AvgIpc) is 3.10. The Kier molecular flexibility index (Phi) is 6.78. The van der Waals surface area contributed by atoms with Crippen molar-refractivity contribution in [1.29, 1.82) is 0 Å². The van der Waals surface area contributed by atoms with Gasteiger partial charge in [-0.1, -0.05) is 13.3 Å². The summed E-state index contributed by atoms with van der Waals surface area (Å²) in [4.78, 5) is 17.3. The van der Waals surface area contributed by atoms with Crippen LogP contribution in [0.25, 0.3) is 0 Å². The Balaban J connectivity index is 1.72. The quantitative estimate of drug-likeness (QED) is 0.604. The normalized spacial score (nSPS) is 17.9. The molecule has 1 saturated heterocycles. The Hall–Kier alpha value is -2.43. The molecular formula is C23H33N5O4S. The predicted octanol–water partition coefficient (Wildman–Crippen LogP) is 1.91. The number of aryl methyl sites for hydroxylation is 2. The number of rotatable bonds is 7. The first-order valence-corrected chi connectivity index (χ1v) is 13.0. The third kappa shape index (κ3) is 4.51. The van der Waals surface area contributed by atoms with Crippen LogP contribution in [-0.2, 0) is 30.0 Å². The zero-order valence-electron chi connectivity index (χ0n) is 19.9. The molecule has 0 unspecified atom stereocenters. The first kappa shape index (κ1) is 23.7. The molecule has 0 N–H and O–H groups in total. The second-order valence-electron chi connectivity index (χ2n) is 8.70. The lowest BCUT2D eigenvalue weighted by atomic mass is 10.0. The molecule has 1 aromatic carbocycles. The van der Waals surface area contributed by atoms with Crippen LogP contribution >= 0.6 is 0 Å². The molecule has 2 aromatic rings. The van der Waals surface area contributed by atoms with E-state index in [1.165, 1.54) is 4.31 Å². The fourth-order valence-electron chi connectivity index (χ4n) is 4.60. The van der Waals surface area contributed by atoms with E-state index in [4.69, 9.17) is 4.74 Å². The highest BCUT2D eigenvalue weighted by molar-refractivity contribution is 7.89. The van der Waals surface area contributed by atoms with Crippen LogP contribution in [0.1, 0.15) is 42.0 Å². The molecule has 0 bridgehead atoms. The number of fused-ring (bicyclic) bond motifs is 1. The van der Waals surface area contributed by atoms with Gasteiger partial charge in [0, 0.05) is 45.3 Å². The topological polar surface area (TPSA) is 88.0 Å². The first-order chi connectivity index (χ1) is 15.8. The van der Waals surface area contributed by atoms with Gasteiger partial charge in [0.05, 0.1) is 29.4 Å². The van der Waals surface area contributed by atoms with Crippen molar-refractivity contribution in [3.8, 4) is 5.75 Å². The van der Waals surface area contributed by atoms with E-state index in [1.54, 1.807) is 29.9 Å². The van der Waals surface area contributed by atoms with E-state index in [2.05, 4.69) is 16.9 Å². The first-order valence-electron chi connectivity index (χ1n) is 11.5. The molecule has 1 aromatic heterocycles. The molecule has 0 atom stereocenters. The lowest BCUT2D eigenvalue weighted by Crippen LogP contribution is -2.47. The van der Waals surface area contributed by atoms with Crippen molar-refractivity contribution in [2.45, 2.75) is 38.1 Å². The summed E-state index contributed by atoms with van der Waals surface area (Å²) in [7, 11) is 0.156. The van der Waals surface area contributed by atoms with Crippen molar-refractivity contribution in [1.82, 2.24) is 19.0 Å². The van der Waals surface area contributed by atoms with Gasteiger partial charge in [0.15, 0.2) is 5.78 Å². The summed E-state index contributed by atoms with van der Waals surface area (Å²) in [5, 5.41) is 4.57. The molecule has 9 nitrogen and oxygen atoms in total. The molecular weight excluding hydrogens is 442 g/mol. The summed E-state index contributed by atoms with van der Waals surface area (Å²) in [5.41, 5.74) is 3.11. The molecule has 1 fully saturated rings. The summed E-state index contributed by atoms with van der Waals surface area (Å²) in [6, 6.07) is 4.97. The zero-order chi connectivity index (χ0) is 23.8. The lowest BCUT2D eigenvalue weighted by Gasteiger charge is -2.33. The predicted molar refractivity (Wildman–Crippen MR) is 126 cm³/mol.